The van der Waals surface area contributed by atoms with Gasteiger partial charge in [-0.25, -0.2) is 4.98 Å². The molecule has 2 aromatic carbocycles. The molecule has 5 nitrogen and oxygen atoms in total. The number of para-hydroxylation sites is 2. The highest BCUT2D eigenvalue weighted by molar-refractivity contribution is 7.99. The van der Waals surface area contributed by atoms with Crippen LogP contribution in [0, 0.1) is 6.92 Å². The Balaban J connectivity index is 1.55. The first-order valence-electron chi connectivity index (χ1n) is 7.43. The van der Waals surface area contributed by atoms with Gasteiger partial charge < -0.3 is 13.9 Å². The highest BCUT2D eigenvalue weighted by atomic mass is 32.2. The van der Waals surface area contributed by atoms with E-state index in [9.17, 15) is 4.79 Å². The van der Waals surface area contributed by atoms with Gasteiger partial charge in [-0.2, -0.15) is 0 Å². The fourth-order valence-corrected chi connectivity index (χ4v) is 2.89. The van der Waals surface area contributed by atoms with Crippen LogP contribution in [-0.4, -0.2) is 23.8 Å². The summed E-state index contributed by atoms with van der Waals surface area (Å²) in [5.74, 6) is 0.520. The molecule has 0 saturated heterocycles. The largest absolute Gasteiger partial charge is 0.496 e. The first-order valence-corrected chi connectivity index (χ1v) is 8.42. The summed E-state index contributed by atoms with van der Waals surface area (Å²) in [6.07, 6.45) is 0. The van der Waals surface area contributed by atoms with Crippen molar-refractivity contribution < 1.29 is 18.7 Å². The van der Waals surface area contributed by atoms with Gasteiger partial charge in [-0.05, 0) is 31.2 Å². The van der Waals surface area contributed by atoms with Gasteiger partial charge in [0.25, 0.3) is 5.22 Å². The van der Waals surface area contributed by atoms with E-state index in [1.807, 2.05) is 49.4 Å². The van der Waals surface area contributed by atoms with E-state index in [0.29, 0.717) is 16.6 Å². The molecule has 0 N–H and O–H groups in total. The van der Waals surface area contributed by atoms with E-state index < -0.39 is 0 Å². The molecule has 0 bridgehead atoms. The molecule has 1 heterocycles. The first-order chi connectivity index (χ1) is 11.7. The topological polar surface area (TPSA) is 61.6 Å². The number of aryl methyl sites for hydroxylation is 1. The van der Waals surface area contributed by atoms with Crippen molar-refractivity contribution in [2.75, 3.05) is 12.9 Å². The van der Waals surface area contributed by atoms with Crippen LogP contribution in [0.2, 0.25) is 0 Å². The second-order valence-electron chi connectivity index (χ2n) is 5.21. The Hall–Kier alpha value is -2.47. The number of carbonyl (C=O) groups excluding carboxylic acids is 1. The van der Waals surface area contributed by atoms with Crippen LogP contribution >= 0.6 is 11.8 Å². The Labute approximate surface area is 144 Å². The monoisotopic (exact) mass is 343 g/mol. The molecule has 1 aromatic heterocycles. The lowest BCUT2D eigenvalue weighted by Crippen LogP contribution is -2.08. The molecule has 3 rings (SSSR count). The molecule has 3 aromatic rings. The number of benzene rings is 2. The highest BCUT2D eigenvalue weighted by Gasteiger charge is 2.11. The normalized spacial score (nSPS) is 10.8. The van der Waals surface area contributed by atoms with Crippen LogP contribution in [-0.2, 0) is 16.1 Å². The average molecular weight is 343 g/mol. The maximum atomic E-state index is 11.9. The molecule has 0 aliphatic heterocycles. The summed E-state index contributed by atoms with van der Waals surface area (Å²) in [7, 11) is 1.60. The number of hydrogen-bond donors (Lipinski definition) is 0. The van der Waals surface area contributed by atoms with E-state index >= 15 is 0 Å². The van der Waals surface area contributed by atoms with Gasteiger partial charge in [-0.3, -0.25) is 4.79 Å². The van der Waals surface area contributed by atoms with Gasteiger partial charge in [0.2, 0.25) is 0 Å². The zero-order valence-electron chi connectivity index (χ0n) is 13.4. The van der Waals surface area contributed by atoms with E-state index in [-0.39, 0.29) is 18.3 Å². The van der Waals surface area contributed by atoms with Crippen molar-refractivity contribution in [3.8, 4) is 5.75 Å². The molecule has 0 amide bonds. The van der Waals surface area contributed by atoms with E-state index in [1.54, 1.807) is 7.11 Å². The lowest BCUT2D eigenvalue weighted by molar-refractivity contribution is -0.141. The molecular formula is C18H17NO4S. The molecule has 0 fully saturated rings. The maximum Gasteiger partial charge on any atom is 0.316 e. The van der Waals surface area contributed by atoms with Gasteiger partial charge in [-0.15, -0.1) is 0 Å². The van der Waals surface area contributed by atoms with Crippen molar-refractivity contribution >= 4 is 28.8 Å². The fourth-order valence-electron chi connectivity index (χ4n) is 2.25. The minimum absolute atomic E-state index is 0.140. The van der Waals surface area contributed by atoms with Crippen molar-refractivity contribution in [3.05, 3.63) is 53.6 Å². The van der Waals surface area contributed by atoms with Gasteiger partial charge in [0.05, 0.1) is 7.11 Å². The van der Waals surface area contributed by atoms with Crippen molar-refractivity contribution in [3.63, 3.8) is 0 Å². The third kappa shape index (κ3) is 3.89. The Morgan fingerprint density at radius 1 is 1.25 bits per heavy atom. The highest BCUT2D eigenvalue weighted by Crippen LogP contribution is 2.24. The predicted octanol–water partition coefficient (Wildman–Crippen LogP) is 3.98. The summed E-state index contributed by atoms with van der Waals surface area (Å²) in [5.41, 5.74) is 3.41. The van der Waals surface area contributed by atoms with Crippen LogP contribution in [0.25, 0.3) is 11.1 Å². The zero-order chi connectivity index (χ0) is 16.9. The Morgan fingerprint density at radius 3 is 2.88 bits per heavy atom. The third-order valence-electron chi connectivity index (χ3n) is 3.41. The Bertz CT molecular complexity index is 826. The minimum Gasteiger partial charge on any atom is -0.496 e. The SMILES string of the molecule is COc1ccc(C)cc1COC(=O)CSc1nc2ccccc2o1. The summed E-state index contributed by atoms with van der Waals surface area (Å²) in [6, 6.07) is 13.2. The van der Waals surface area contributed by atoms with E-state index in [1.165, 1.54) is 11.8 Å². The predicted molar refractivity (Wildman–Crippen MR) is 92.3 cm³/mol. The third-order valence-corrected chi connectivity index (χ3v) is 4.21. The molecule has 24 heavy (non-hydrogen) atoms. The Morgan fingerprint density at radius 2 is 2.08 bits per heavy atom. The number of ether oxygens (including phenoxy) is 2. The molecular weight excluding hydrogens is 326 g/mol. The number of hydrogen-bond acceptors (Lipinski definition) is 6. The van der Waals surface area contributed by atoms with Crippen LogP contribution in [0.1, 0.15) is 11.1 Å². The van der Waals surface area contributed by atoms with Gasteiger partial charge in [0, 0.05) is 5.56 Å². The molecule has 6 heteroatoms. The summed E-state index contributed by atoms with van der Waals surface area (Å²) >= 11 is 1.22. The number of esters is 1. The molecule has 0 saturated carbocycles. The molecule has 124 valence electrons. The van der Waals surface area contributed by atoms with Crippen molar-refractivity contribution in [2.24, 2.45) is 0 Å². The van der Waals surface area contributed by atoms with Crippen molar-refractivity contribution in [2.45, 2.75) is 18.8 Å². The van der Waals surface area contributed by atoms with Crippen LogP contribution < -0.4 is 4.74 Å². The lowest BCUT2D eigenvalue weighted by Gasteiger charge is -2.10. The first kappa shape index (κ1) is 16.4. The molecule has 0 radical (unpaired) electrons. The van der Waals surface area contributed by atoms with Gasteiger partial charge in [0.15, 0.2) is 5.58 Å². The second kappa shape index (κ2) is 7.40. The molecule has 0 spiro atoms. The molecule has 0 aliphatic rings. The van der Waals surface area contributed by atoms with Gasteiger partial charge in [-0.1, -0.05) is 35.5 Å². The van der Waals surface area contributed by atoms with E-state index in [0.717, 1.165) is 16.6 Å². The number of rotatable bonds is 6. The number of fused-ring (bicyclic) bond motifs is 1. The fraction of sp³-hybridized carbons (Fsp3) is 0.222. The summed E-state index contributed by atoms with van der Waals surface area (Å²) in [6.45, 7) is 2.16. The summed E-state index contributed by atoms with van der Waals surface area (Å²) < 4.78 is 16.1. The molecule has 0 unspecified atom stereocenters. The van der Waals surface area contributed by atoms with Gasteiger partial charge >= 0.3 is 5.97 Å². The number of aromatic nitrogens is 1. The number of carbonyl (C=O) groups is 1. The average Bonchev–Trinajstić information content (AvgIpc) is 3.01. The van der Waals surface area contributed by atoms with Gasteiger partial charge in [0.1, 0.15) is 23.6 Å². The maximum absolute atomic E-state index is 11.9. The van der Waals surface area contributed by atoms with Crippen LogP contribution in [0.3, 0.4) is 0 Å². The zero-order valence-corrected chi connectivity index (χ0v) is 14.3. The number of thioether (sulfide) groups is 1. The van der Waals surface area contributed by atoms with E-state index in [4.69, 9.17) is 13.9 Å². The number of methoxy groups -OCH3 is 1. The minimum atomic E-state index is -0.328. The second-order valence-corrected chi connectivity index (χ2v) is 6.14. The lowest BCUT2D eigenvalue weighted by atomic mass is 10.1. The quantitative estimate of drug-likeness (QED) is 0.498. The summed E-state index contributed by atoms with van der Waals surface area (Å²) in [5, 5.41) is 0.460. The molecule has 0 aliphatic carbocycles. The summed E-state index contributed by atoms with van der Waals surface area (Å²) in [4.78, 5) is 16.2. The van der Waals surface area contributed by atoms with Crippen molar-refractivity contribution in [1.29, 1.82) is 0 Å². The Kier molecular flexibility index (Phi) is 5.05. The number of nitrogens with zero attached hydrogens (tertiary/aromatic N) is 1. The van der Waals surface area contributed by atoms with Crippen LogP contribution in [0.15, 0.2) is 52.1 Å². The van der Waals surface area contributed by atoms with Crippen LogP contribution in [0.5, 0.6) is 5.75 Å². The van der Waals surface area contributed by atoms with E-state index in [2.05, 4.69) is 4.98 Å². The smallest absolute Gasteiger partial charge is 0.316 e. The number of oxazole rings is 1. The van der Waals surface area contributed by atoms with Crippen LogP contribution in [0.4, 0.5) is 0 Å². The van der Waals surface area contributed by atoms with Crippen molar-refractivity contribution in [1.82, 2.24) is 4.98 Å². The standard InChI is InChI=1S/C18H17NO4S/c1-12-7-8-15(21-2)13(9-12)10-22-17(20)11-24-18-19-14-5-3-4-6-16(14)23-18/h3-9H,10-11H2,1-2H3. The molecule has 0 atom stereocenters.